The number of fused-ring (bicyclic) bond motifs is 1. The Hall–Kier alpha value is -2.36. The minimum Gasteiger partial charge on any atom is -0.368 e. The van der Waals surface area contributed by atoms with Crippen LogP contribution in [0.5, 0.6) is 0 Å². The van der Waals surface area contributed by atoms with Gasteiger partial charge >= 0.3 is 0 Å². The molecule has 0 unspecified atom stereocenters. The molecule has 2 aromatic rings. The molecule has 3 N–H and O–H groups in total. The first-order valence-electron chi connectivity index (χ1n) is 8.21. The maximum atomic E-state index is 12.5. The Morgan fingerprint density at radius 3 is 2.52 bits per heavy atom. The Bertz CT molecular complexity index is 677. The van der Waals surface area contributed by atoms with Gasteiger partial charge < -0.3 is 11.1 Å². The van der Waals surface area contributed by atoms with Gasteiger partial charge in [0.25, 0.3) is 5.91 Å². The summed E-state index contributed by atoms with van der Waals surface area (Å²) in [5.41, 5.74) is 6.01. The molecule has 0 aromatic heterocycles. The molecule has 4 heteroatoms. The van der Waals surface area contributed by atoms with Gasteiger partial charge in [0, 0.05) is 5.56 Å². The van der Waals surface area contributed by atoms with Crippen molar-refractivity contribution < 1.29 is 9.59 Å². The van der Waals surface area contributed by atoms with Crippen molar-refractivity contribution in [2.45, 2.75) is 45.1 Å². The molecule has 4 nitrogen and oxygen atoms in total. The summed E-state index contributed by atoms with van der Waals surface area (Å²) in [6.07, 6.45) is 4.78. The smallest absolute Gasteiger partial charge is 0.252 e. The van der Waals surface area contributed by atoms with Crippen LogP contribution < -0.4 is 11.1 Å². The van der Waals surface area contributed by atoms with E-state index in [1.807, 2.05) is 36.4 Å². The summed E-state index contributed by atoms with van der Waals surface area (Å²) in [4.78, 5) is 24.1. The number of primary amides is 1. The highest BCUT2D eigenvalue weighted by Gasteiger charge is 2.19. The summed E-state index contributed by atoms with van der Waals surface area (Å²) < 4.78 is 0. The maximum Gasteiger partial charge on any atom is 0.252 e. The number of nitrogens with one attached hydrogen (secondary N) is 1. The molecule has 122 valence electrons. The third-order valence-electron chi connectivity index (χ3n) is 4.03. The SMILES string of the molecule is CCCCCC[C@@H](NC(=O)c1cccc2ccccc12)C(N)=O. The largest absolute Gasteiger partial charge is 0.368 e. The van der Waals surface area contributed by atoms with E-state index in [2.05, 4.69) is 12.2 Å². The fourth-order valence-electron chi connectivity index (χ4n) is 2.72. The van der Waals surface area contributed by atoms with Crippen LogP contribution in [-0.2, 0) is 4.79 Å². The molecule has 2 amide bonds. The van der Waals surface area contributed by atoms with E-state index in [9.17, 15) is 9.59 Å². The lowest BCUT2D eigenvalue weighted by Gasteiger charge is -2.16. The van der Waals surface area contributed by atoms with E-state index in [0.717, 1.165) is 36.5 Å². The third-order valence-corrected chi connectivity index (χ3v) is 4.03. The van der Waals surface area contributed by atoms with E-state index in [0.29, 0.717) is 12.0 Å². The van der Waals surface area contributed by atoms with Crippen LogP contribution in [0.25, 0.3) is 10.8 Å². The van der Waals surface area contributed by atoms with Crippen LogP contribution in [0.4, 0.5) is 0 Å². The van der Waals surface area contributed by atoms with Crippen LogP contribution in [0, 0.1) is 0 Å². The molecule has 0 aliphatic heterocycles. The molecule has 0 radical (unpaired) electrons. The Balaban J connectivity index is 2.10. The minimum atomic E-state index is -0.613. The zero-order chi connectivity index (χ0) is 16.7. The Morgan fingerprint density at radius 2 is 1.78 bits per heavy atom. The van der Waals surface area contributed by atoms with Crippen LogP contribution >= 0.6 is 0 Å². The van der Waals surface area contributed by atoms with E-state index >= 15 is 0 Å². The number of benzene rings is 2. The van der Waals surface area contributed by atoms with Gasteiger partial charge in [-0.2, -0.15) is 0 Å². The van der Waals surface area contributed by atoms with Gasteiger partial charge in [0.1, 0.15) is 6.04 Å². The molecule has 0 saturated heterocycles. The first-order chi connectivity index (χ1) is 11.1. The summed E-state index contributed by atoms with van der Waals surface area (Å²) in [5.74, 6) is -0.726. The average Bonchev–Trinajstić information content (AvgIpc) is 2.56. The van der Waals surface area contributed by atoms with Crippen LogP contribution in [0.15, 0.2) is 42.5 Å². The lowest BCUT2D eigenvalue weighted by atomic mass is 10.0. The fraction of sp³-hybridized carbons (Fsp3) is 0.368. The summed E-state index contributed by atoms with van der Waals surface area (Å²) >= 11 is 0. The number of amides is 2. The van der Waals surface area contributed by atoms with Crippen molar-refractivity contribution in [3.63, 3.8) is 0 Å². The average molecular weight is 312 g/mol. The molecule has 0 spiro atoms. The van der Waals surface area contributed by atoms with E-state index in [1.54, 1.807) is 6.07 Å². The van der Waals surface area contributed by atoms with Crippen molar-refractivity contribution in [2.24, 2.45) is 5.73 Å². The number of unbranched alkanes of at least 4 members (excludes halogenated alkanes) is 3. The van der Waals surface area contributed by atoms with Crippen LogP contribution in [0.1, 0.15) is 49.4 Å². The van der Waals surface area contributed by atoms with Gasteiger partial charge in [0.05, 0.1) is 0 Å². The van der Waals surface area contributed by atoms with Crippen molar-refractivity contribution in [3.05, 3.63) is 48.0 Å². The molecular weight excluding hydrogens is 288 g/mol. The highest BCUT2D eigenvalue weighted by atomic mass is 16.2. The predicted molar refractivity (Wildman–Crippen MR) is 93.2 cm³/mol. The monoisotopic (exact) mass is 312 g/mol. The normalized spacial score (nSPS) is 12.0. The van der Waals surface area contributed by atoms with Crippen molar-refractivity contribution in [3.8, 4) is 0 Å². The van der Waals surface area contributed by atoms with Crippen molar-refractivity contribution in [1.29, 1.82) is 0 Å². The quantitative estimate of drug-likeness (QED) is 0.733. The number of rotatable bonds is 8. The standard InChI is InChI=1S/C19H24N2O2/c1-2-3-4-5-13-17(18(20)22)21-19(23)16-12-8-10-14-9-6-7-11-15(14)16/h6-12,17H,2-5,13H2,1H3,(H2,20,22)(H,21,23)/t17-/m1/s1. The van der Waals surface area contributed by atoms with Crippen LogP contribution in [-0.4, -0.2) is 17.9 Å². The predicted octanol–water partition coefficient (Wildman–Crippen LogP) is 3.39. The highest BCUT2D eigenvalue weighted by molar-refractivity contribution is 6.08. The summed E-state index contributed by atoms with van der Waals surface area (Å²) in [7, 11) is 0. The van der Waals surface area contributed by atoms with Crippen LogP contribution in [0.2, 0.25) is 0 Å². The van der Waals surface area contributed by atoms with Gasteiger partial charge in [-0.05, 0) is 23.3 Å². The van der Waals surface area contributed by atoms with Crippen molar-refractivity contribution in [2.75, 3.05) is 0 Å². The second kappa shape index (κ2) is 8.32. The number of hydrogen-bond donors (Lipinski definition) is 2. The number of carbonyl (C=O) groups is 2. The van der Waals surface area contributed by atoms with Crippen molar-refractivity contribution in [1.82, 2.24) is 5.32 Å². The van der Waals surface area contributed by atoms with Gasteiger partial charge in [-0.1, -0.05) is 69.0 Å². The Morgan fingerprint density at radius 1 is 1.04 bits per heavy atom. The molecule has 0 heterocycles. The fourth-order valence-corrected chi connectivity index (χ4v) is 2.72. The lowest BCUT2D eigenvalue weighted by molar-refractivity contribution is -0.120. The highest BCUT2D eigenvalue weighted by Crippen LogP contribution is 2.18. The molecule has 0 bridgehead atoms. The molecule has 0 aliphatic rings. The van der Waals surface area contributed by atoms with E-state index in [-0.39, 0.29) is 5.91 Å². The third kappa shape index (κ3) is 4.55. The van der Waals surface area contributed by atoms with Gasteiger partial charge in [0.15, 0.2) is 0 Å². The molecule has 2 rings (SSSR count). The van der Waals surface area contributed by atoms with E-state index < -0.39 is 11.9 Å². The molecule has 0 aliphatic carbocycles. The van der Waals surface area contributed by atoms with E-state index in [4.69, 9.17) is 5.73 Å². The molecule has 0 saturated carbocycles. The second-order valence-corrected chi connectivity index (χ2v) is 5.80. The molecular formula is C19H24N2O2. The summed E-state index contributed by atoms with van der Waals surface area (Å²) in [5, 5.41) is 4.66. The molecule has 23 heavy (non-hydrogen) atoms. The second-order valence-electron chi connectivity index (χ2n) is 5.80. The first-order valence-corrected chi connectivity index (χ1v) is 8.21. The number of hydrogen-bond acceptors (Lipinski definition) is 2. The van der Waals surface area contributed by atoms with E-state index in [1.165, 1.54) is 0 Å². The topological polar surface area (TPSA) is 72.2 Å². The van der Waals surface area contributed by atoms with Gasteiger partial charge in [-0.25, -0.2) is 0 Å². The van der Waals surface area contributed by atoms with Crippen molar-refractivity contribution >= 4 is 22.6 Å². The van der Waals surface area contributed by atoms with Gasteiger partial charge in [0.2, 0.25) is 5.91 Å². The zero-order valence-electron chi connectivity index (χ0n) is 13.5. The first kappa shape index (κ1) is 17.0. The molecule has 2 aromatic carbocycles. The Labute approximate surface area is 137 Å². The maximum absolute atomic E-state index is 12.5. The summed E-state index contributed by atoms with van der Waals surface area (Å²) in [6.45, 7) is 2.13. The number of carbonyl (C=O) groups excluding carboxylic acids is 2. The lowest BCUT2D eigenvalue weighted by Crippen LogP contribution is -2.44. The number of nitrogens with two attached hydrogens (primary N) is 1. The van der Waals surface area contributed by atoms with Crippen LogP contribution in [0.3, 0.4) is 0 Å². The minimum absolute atomic E-state index is 0.249. The zero-order valence-corrected chi connectivity index (χ0v) is 13.5. The molecule has 0 fully saturated rings. The van der Waals surface area contributed by atoms with Gasteiger partial charge in [-0.15, -0.1) is 0 Å². The summed E-state index contributed by atoms with van der Waals surface area (Å²) in [6, 6.07) is 12.7. The molecule has 1 atom stereocenters. The van der Waals surface area contributed by atoms with Gasteiger partial charge in [-0.3, -0.25) is 9.59 Å². The Kier molecular flexibility index (Phi) is 6.15.